The summed E-state index contributed by atoms with van der Waals surface area (Å²) in [6.07, 6.45) is -11.6. The highest BCUT2D eigenvalue weighted by atomic mass is 19.4. The minimum Gasteiger partial charge on any atom is -0.404 e. The van der Waals surface area contributed by atoms with E-state index in [9.17, 15) is 39.9 Å². The molecule has 0 bridgehead atoms. The Hall–Kier alpha value is -3.64. The number of nitrogens with one attached hydrogen (secondary N) is 2. The van der Waals surface area contributed by atoms with Crippen molar-refractivity contribution in [1.82, 2.24) is 10.2 Å². The van der Waals surface area contributed by atoms with Gasteiger partial charge in [0.15, 0.2) is 17.3 Å². The maximum atomic E-state index is 13.5. The number of aromatic nitrogens is 2. The molecule has 3 aromatic rings. The number of carbonyl (C=O) groups is 1. The van der Waals surface area contributed by atoms with Gasteiger partial charge in [0, 0.05) is 11.3 Å². The molecule has 0 aliphatic heterocycles. The van der Waals surface area contributed by atoms with E-state index in [1.165, 1.54) is 5.10 Å². The molecule has 31 heavy (non-hydrogen) atoms. The lowest BCUT2D eigenvalue weighted by Gasteiger charge is -2.12. The number of amides is 1. The van der Waals surface area contributed by atoms with Crippen LogP contribution in [0.3, 0.4) is 0 Å². The van der Waals surface area contributed by atoms with E-state index >= 15 is 0 Å². The van der Waals surface area contributed by atoms with Gasteiger partial charge in [-0.2, -0.15) is 31.4 Å². The van der Waals surface area contributed by atoms with E-state index < -0.39 is 58.3 Å². The van der Waals surface area contributed by atoms with E-state index in [2.05, 4.69) is 9.84 Å². The molecule has 0 unspecified atom stereocenters. The molecule has 3 rings (SSSR count). The summed E-state index contributed by atoms with van der Waals surface area (Å²) in [6, 6.07) is 6.39. The highest BCUT2D eigenvalue weighted by molar-refractivity contribution is 5.87. The highest BCUT2D eigenvalue weighted by Crippen LogP contribution is 2.43. The van der Waals surface area contributed by atoms with Gasteiger partial charge in [0.25, 0.3) is 0 Å². The van der Waals surface area contributed by atoms with Crippen molar-refractivity contribution in [2.75, 3.05) is 5.32 Å². The Kier molecular flexibility index (Phi) is 5.61. The molecule has 0 fully saturated rings. The third-order valence-corrected chi connectivity index (χ3v) is 3.85. The van der Waals surface area contributed by atoms with Gasteiger partial charge >= 0.3 is 18.4 Å². The van der Waals surface area contributed by atoms with Crippen molar-refractivity contribution < 1.29 is 44.7 Å². The molecule has 0 saturated heterocycles. The van der Waals surface area contributed by atoms with Crippen molar-refractivity contribution in [3.8, 4) is 16.9 Å². The number of benzene rings is 2. The largest absolute Gasteiger partial charge is 0.435 e. The van der Waals surface area contributed by atoms with Crippen LogP contribution >= 0.6 is 0 Å². The number of hydrogen-bond acceptors (Lipinski definition) is 3. The van der Waals surface area contributed by atoms with Crippen LogP contribution in [0.5, 0.6) is 5.75 Å². The molecule has 0 aliphatic rings. The van der Waals surface area contributed by atoms with Crippen molar-refractivity contribution in [3.63, 3.8) is 0 Å². The maximum Gasteiger partial charge on any atom is 0.435 e. The minimum atomic E-state index is -5.17. The fourth-order valence-corrected chi connectivity index (χ4v) is 2.57. The average Bonchev–Trinajstić information content (AvgIpc) is 3.11. The number of rotatable bonds is 3. The highest BCUT2D eigenvalue weighted by Gasteiger charge is 2.44. The van der Waals surface area contributed by atoms with Gasteiger partial charge in [0.2, 0.25) is 5.75 Å². The second-order valence-corrected chi connectivity index (χ2v) is 5.96. The summed E-state index contributed by atoms with van der Waals surface area (Å²) in [5.74, 6) is -3.31. The molecule has 2 aromatic carbocycles. The summed E-state index contributed by atoms with van der Waals surface area (Å²) in [7, 11) is 0. The van der Waals surface area contributed by atoms with Crippen molar-refractivity contribution >= 4 is 11.8 Å². The van der Waals surface area contributed by atoms with Crippen LogP contribution in [0.15, 0.2) is 42.5 Å². The van der Waals surface area contributed by atoms with E-state index in [1.54, 1.807) is 0 Å². The summed E-state index contributed by atoms with van der Waals surface area (Å²) >= 11 is 0. The Morgan fingerprint density at radius 3 is 2.00 bits per heavy atom. The van der Waals surface area contributed by atoms with Gasteiger partial charge in [-0.15, -0.1) is 0 Å². The Balaban J connectivity index is 1.86. The summed E-state index contributed by atoms with van der Waals surface area (Å²) < 4.78 is 110. The molecule has 2 N–H and O–H groups in total. The zero-order valence-corrected chi connectivity index (χ0v) is 14.8. The van der Waals surface area contributed by atoms with Crippen molar-refractivity contribution in [1.29, 1.82) is 0 Å². The lowest BCUT2D eigenvalue weighted by atomic mass is 10.0. The van der Waals surface area contributed by atoms with Crippen molar-refractivity contribution in [2.24, 2.45) is 0 Å². The van der Waals surface area contributed by atoms with Gasteiger partial charge in [-0.25, -0.2) is 13.6 Å². The van der Waals surface area contributed by atoms with Gasteiger partial charge in [0.1, 0.15) is 5.69 Å². The van der Waals surface area contributed by atoms with E-state index in [0.717, 1.165) is 42.5 Å². The number of nitrogens with zero attached hydrogens (tertiary/aromatic N) is 1. The standard InChI is InChI=1S/C18H9F8N3O2/c19-10-2-1-3-11(20)13(10)31-16(30)27-9-6-4-8(5-7-9)12-14(17(21,22)23)28-29-15(12)18(24,25)26/h1-7H,(H,27,30)(H,28,29). The van der Waals surface area contributed by atoms with Gasteiger partial charge in [0.05, 0.1) is 0 Å². The predicted molar refractivity (Wildman–Crippen MR) is 90.0 cm³/mol. The fraction of sp³-hybridized carbons (Fsp3) is 0.111. The number of carbonyl (C=O) groups excluding carboxylic acids is 1. The zero-order valence-electron chi connectivity index (χ0n) is 14.8. The lowest BCUT2D eigenvalue weighted by Crippen LogP contribution is -2.18. The van der Waals surface area contributed by atoms with Gasteiger partial charge < -0.3 is 4.74 Å². The summed E-state index contributed by atoms with van der Waals surface area (Å²) in [5, 5.41) is 6.13. The maximum absolute atomic E-state index is 13.5. The second-order valence-electron chi connectivity index (χ2n) is 5.96. The van der Waals surface area contributed by atoms with Crippen molar-refractivity contribution in [3.05, 3.63) is 65.5 Å². The molecule has 5 nitrogen and oxygen atoms in total. The molecule has 13 heteroatoms. The number of hydrogen-bond donors (Lipinski definition) is 2. The number of alkyl halides is 6. The van der Waals surface area contributed by atoms with E-state index in [1.807, 2.05) is 5.32 Å². The third kappa shape index (κ3) is 4.75. The second kappa shape index (κ2) is 7.89. The molecule has 0 atom stereocenters. The monoisotopic (exact) mass is 451 g/mol. The van der Waals surface area contributed by atoms with Crippen LogP contribution < -0.4 is 10.1 Å². The smallest absolute Gasteiger partial charge is 0.404 e. The molecule has 164 valence electrons. The van der Waals surface area contributed by atoms with Gasteiger partial charge in [-0.3, -0.25) is 10.4 Å². The summed E-state index contributed by atoms with van der Waals surface area (Å²) in [6.45, 7) is 0. The molecule has 0 aliphatic carbocycles. The van der Waals surface area contributed by atoms with Gasteiger partial charge in [-0.1, -0.05) is 18.2 Å². The molecule has 1 aromatic heterocycles. The Morgan fingerprint density at radius 1 is 0.903 bits per heavy atom. The fourth-order valence-electron chi connectivity index (χ4n) is 2.57. The number of H-pyrrole nitrogens is 1. The SMILES string of the molecule is O=C(Nc1ccc(-c2c(C(F)(F)F)n[nH]c2C(F)(F)F)cc1)Oc1c(F)cccc1F. The van der Waals surface area contributed by atoms with Crippen LogP contribution in [0.25, 0.3) is 11.1 Å². The van der Waals surface area contributed by atoms with Gasteiger partial charge in [-0.05, 0) is 29.8 Å². The molecule has 0 spiro atoms. The Labute approximate surface area is 167 Å². The predicted octanol–water partition coefficient (Wildman–Crippen LogP) is 6.00. The van der Waals surface area contributed by atoms with Crippen LogP contribution in [0, 0.1) is 11.6 Å². The van der Waals surface area contributed by atoms with Crippen LogP contribution in [-0.2, 0) is 12.4 Å². The first kappa shape index (κ1) is 22.1. The van der Waals surface area contributed by atoms with Crippen LogP contribution in [0.2, 0.25) is 0 Å². The van der Waals surface area contributed by atoms with Crippen LogP contribution in [0.1, 0.15) is 11.4 Å². The number of anilines is 1. The number of para-hydroxylation sites is 1. The molecular weight excluding hydrogens is 442 g/mol. The third-order valence-electron chi connectivity index (χ3n) is 3.85. The molecule has 1 heterocycles. The van der Waals surface area contributed by atoms with Crippen molar-refractivity contribution in [2.45, 2.75) is 12.4 Å². The average molecular weight is 451 g/mol. The molecule has 0 saturated carbocycles. The summed E-state index contributed by atoms with van der Waals surface area (Å²) in [5.41, 5.74) is -5.31. The van der Waals surface area contributed by atoms with E-state index in [4.69, 9.17) is 0 Å². The summed E-state index contributed by atoms with van der Waals surface area (Å²) in [4.78, 5) is 11.8. The quantitative estimate of drug-likeness (QED) is 0.480. The van der Waals surface area contributed by atoms with E-state index in [-0.39, 0.29) is 5.69 Å². The molecule has 1 amide bonds. The van der Waals surface area contributed by atoms with Crippen LogP contribution in [0.4, 0.5) is 45.6 Å². The first-order valence-electron chi connectivity index (χ1n) is 8.14. The zero-order chi connectivity index (χ0) is 23.0. The molecule has 0 radical (unpaired) electrons. The Bertz CT molecular complexity index is 1050. The molecular formula is C18H9F8N3O2. The first-order valence-corrected chi connectivity index (χ1v) is 8.14. The number of halogens is 8. The normalized spacial score (nSPS) is 12.0. The number of ether oxygens (including phenoxy) is 1. The number of aromatic amines is 1. The van der Waals surface area contributed by atoms with Crippen LogP contribution in [-0.4, -0.2) is 16.3 Å². The lowest BCUT2D eigenvalue weighted by molar-refractivity contribution is -0.142. The van der Waals surface area contributed by atoms with E-state index in [0.29, 0.717) is 0 Å². The topological polar surface area (TPSA) is 67.0 Å². The Morgan fingerprint density at radius 2 is 1.48 bits per heavy atom. The minimum absolute atomic E-state index is 0.129. The first-order chi connectivity index (χ1) is 14.4.